The first-order chi connectivity index (χ1) is 10.3. The van der Waals surface area contributed by atoms with Crippen LogP contribution in [0.1, 0.15) is 11.1 Å². The summed E-state index contributed by atoms with van der Waals surface area (Å²) in [4.78, 5) is 0. The zero-order valence-corrected chi connectivity index (χ0v) is 11.2. The summed E-state index contributed by atoms with van der Waals surface area (Å²) < 4.78 is 18.8. The van der Waals surface area contributed by atoms with Crippen molar-refractivity contribution in [3.8, 4) is 11.8 Å². The highest BCUT2D eigenvalue weighted by atomic mass is 19.1. The van der Waals surface area contributed by atoms with Gasteiger partial charge in [-0.3, -0.25) is 0 Å². The van der Waals surface area contributed by atoms with Gasteiger partial charge in [-0.15, -0.1) is 0 Å². The predicted molar refractivity (Wildman–Crippen MR) is 79.4 cm³/mol. The molecule has 0 aliphatic carbocycles. The van der Waals surface area contributed by atoms with Gasteiger partial charge in [-0.1, -0.05) is 42.5 Å². The molecule has 0 amide bonds. The molecule has 0 heterocycles. The van der Waals surface area contributed by atoms with E-state index >= 15 is 0 Å². The molecule has 0 aliphatic rings. The Hall–Kier alpha value is -2.86. The molecule has 0 N–H and O–H groups in total. The molecule has 0 fully saturated rings. The molecule has 0 bridgehead atoms. The summed E-state index contributed by atoms with van der Waals surface area (Å²) in [5.41, 5.74) is 1.23. The van der Waals surface area contributed by atoms with Crippen LogP contribution in [0, 0.1) is 17.1 Å². The monoisotopic (exact) mass is 277 g/mol. The normalized spacial score (nSPS) is 10.3. The lowest BCUT2D eigenvalue weighted by Crippen LogP contribution is -1.98. The number of ether oxygens (including phenoxy) is 1. The van der Waals surface area contributed by atoms with Crippen LogP contribution in [0.5, 0.6) is 5.75 Å². The van der Waals surface area contributed by atoms with Gasteiger partial charge in [0.2, 0.25) is 0 Å². The summed E-state index contributed by atoms with van der Waals surface area (Å²) >= 11 is 0. The van der Waals surface area contributed by atoms with Crippen molar-refractivity contribution in [3.05, 3.63) is 77.6 Å². The first-order valence-corrected chi connectivity index (χ1v) is 6.57. The minimum atomic E-state index is -0.296. The summed E-state index contributed by atoms with van der Waals surface area (Å²) in [6, 6.07) is 19.8. The second kappa shape index (κ2) is 5.64. The van der Waals surface area contributed by atoms with E-state index in [0.29, 0.717) is 11.3 Å². The molecule has 102 valence electrons. The average Bonchev–Trinajstić information content (AvgIpc) is 2.52. The van der Waals surface area contributed by atoms with E-state index in [1.54, 1.807) is 18.2 Å². The van der Waals surface area contributed by atoms with Crippen molar-refractivity contribution in [2.45, 2.75) is 6.61 Å². The van der Waals surface area contributed by atoms with E-state index in [-0.39, 0.29) is 12.4 Å². The van der Waals surface area contributed by atoms with Crippen LogP contribution < -0.4 is 4.74 Å². The average molecular weight is 277 g/mol. The molecular weight excluding hydrogens is 265 g/mol. The van der Waals surface area contributed by atoms with Crippen molar-refractivity contribution >= 4 is 10.8 Å². The molecule has 3 aromatic carbocycles. The molecule has 2 nitrogen and oxygen atoms in total. The molecule has 0 spiro atoms. The third-order valence-electron chi connectivity index (χ3n) is 3.29. The van der Waals surface area contributed by atoms with Crippen LogP contribution >= 0.6 is 0 Å². The standard InChI is InChI=1S/C18H12FNO/c19-15-6-3-4-13(10-15)12-21-18-9-8-14-5-1-2-7-16(14)17(18)11-20/h1-10H,12H2. The number of halogens is 1. The second-order valence-electron chi connectivity index (χ2n) is 4.69. The molecule has 0 saturated carbocycles. The third kappa shape index (κ3) is 2.70. The first-order valence-electron chi connectivity index (χ1n) is 6.57. The van der Waals surface area contributed by atoms with Crippen LogP contribution in [0.3, 0.4) is 0 Å². The first kappa shape index (κ1) is 13.1. The Morgan fingerprint density at radius 2 is 1.86 bits per heavy atom. The highest BCUT2D eigenvalue weighted by Gasteiger charge is 2.08. The van der Waals surface area contributed by atoms with Crippen molar-refractivity contribution in [3.63, 3.8) is 0 Å². The molecule has 3 heteroatoms. The van der Waals surface area contributed by atoms with E-state index in [9.17, 15) is 9.65 Å². The molecule has 3 rings (SSSR count). The number of benzene rings is 3. The maximum absolute atomic E-state index is 13.1. The highest BCUT2D eigenvalue weighted by molar-refractivity contribution is 5.90. The zero-order valence-electron chi connectivity index (χ0n) is 11.2. The number of hydrogen-bond donors (Lipinski definition) is 0. The molecule has 0 aliphatic heterocycles. The maximum atomic E-state index is 13.1. The van der Waals surface area contributed by atoms with E-state index in [2.05, 4.69) is 6.07 Å². The zero-order chi connectivity index (χ0) is 14.7. The lowest BCUT2D eigenvalue weighted by Gasteiger charge is -2.10. The van der Waals surface area contributed by atoms with E-state index < -0.39 is 0 Å². The molecule has 0 aromatic heterocycles. The Kier molecular flexibility index (Phi) is 3.53. The topological polar surface area (TPSA) is 33.0 Å². The molecule has 0 radical (unpaired) electrons. The van der Waals surface area contributed by atoms with Crippen molar-refractivity contribution in [1.82, 2.24) is 0 Å². The van der Waals surface area contributed by atoms with Crippen LogP contribution in [-0.2, 0) is 6.61 Å². The number of hydrogen-bond acceptors (Lipinski definition) is 2. The Morgan fingerprint density at radius 1 is 1.00 bits per heavy atom. The molecule has 3 aromatic rings. The van der Waals surface area contributed by atoms with Gasteiger partial charge in [0.05, 0.1) is 0 Å². The fraction of sp³-hybridized carbons (Fsp3) is 0.0556. The summed E-state index contributed by atoms with van der Waals surface area (Å²) in [6.07, 6.45) is 0. The van der Waals surface area contributed by atoms with E-state index in [1.165, 1.54) is 12.1 Å². The van der Waals surface area contributed by atoms with E-state index in [4.69, 9.17) is 4.74 Å². The fourth-order valence-corrected chi connectivity index (χ4v) is 2.27. The minimum Gasteiger partial charge on any atom is -0.487 e. The van der Waals surface area contributed by atoms with Gasteiger partial charge < -0.3 is 4.74 Å². The van der Waals surface area contributed by atoms with Crippen LogP contribution in [0.4, 0.5) is 4.39 Å². The molecular formula is C18H12FNO. The van der Waals surface area contributed by atoms with E-state index in [0.717, 1.165) is 16.3 Å². The summed E-state index contributed by atoms with van der Waals surface area (Å²) in [5, 5.41) is 11.2. The Balaban J connectivity index is 1.92. The van der Waals surface area contributed by atoms with Crippen molar-refractivity contribution in [2.75, 3.05) is 0 Å². The smallest absolute Gasteiger partial charge is 0.138 e. The van der Waals surface area contributed by atoms with Crippen molar-refractivity contribution in [1.29, 1.82) is 5.26 Å². The Bertz CT molecular complexity index is 836. The third-order valence-corrected chi connectivity index (χ3v) is 3.29. The van der Waals surface area contributed by atoms with Gasteiger partial charge in [-0.25, -0.2) is 4.39 Å². The lowest BCUT2D eigenvalue weighted by molar-refractivity contribution is 0.305. The highest BCUT2D eigenvalue weighted by Crippen LogP contribution is 2.27. The van der Waals surface area contributed by atoms with Crippen molar-refractivity contribution in [2.24, 2.45) is 0 Å². The van der Waals surface area contributed by atoms with Gasteiger partial charge in [-0.2, -0.15) is 5.26 Å². The number of nitriles is 1. The summed E-state index contributed by atoms with van der Waals surface area (Å²) in [6.45, 7) is 0.227. The SMILES string of the molecule is N#Cc1c(OCc2cccc(F)c2)ccc2ccccc12. The van der Waals surface area contributed by atoms with Crippen LogP contribution in [0.25, 0.3) is 10.8 Å². The lowest BCUT2D eigenvalue weighted by atomic mass is 10.0. The van der Waals surface area contributed by atoms with Gasteiger partial charge in [-0.05, 0) is 29.1 Å². The molecule has 21 heavy (non-hydrogen) atoms. The van der Waals surface area contributed by atoms with Gasteiger partial charge in [0.15, 0.2) is 0 Å². The second-order valence-corrected chi connectivity index (χ2v) is 4.69. The predicted octanol–water partition coefficient (Wildman–Crippen LogP) is 4.43. The Morgan fingerprint density at radius 3 is 2.67 bits per heavy atom. The van der Waals surface area contributed by atoms with Gasteiger partial charge >= 0.3 is 0 Å². The molecule has 0 unspecified atom stereocenters. The van der Waals surface area contributed by atoms with Crippen molar-refractivity contribution < 1.29 is 9.13 Å². The minimum absolute atomic E-state index is 0.227. The number of rotatable bonds is 3. The van der Waals surface area contributed by atoms with Gasteiger partial charge in [0.1, 0.15) is 29.8 Å². The number of fused-ring (bicyclic) bond motifs is 1. The van der Waals surface area contributed by atoms with Crippen LogP contribution in [-0.4, -0.2) is 0 Å². The fourth-order valence-electron chi connectivity index (χ4n) is 2.27. The van der Waals surface area contributed by atoms with Crippen LogP contribution in [0.2, 0.25) is 0 Å². The van der Waals surface area contributed by atoms with Gasteiger partial charge in [0, 0.05) is 5.39 Å². The number of nitrogens with zero attached hydrogens (tertiary/aromatic N) is 1. The van der Waals surface area contributed by atoms with E-state index in [1.807, 2.05) is 30.3 Å². The molecule has 0 atom stereocenters. The molecule has 0 saturated heterocycles. The quantitative estimate of drug-likeness (QED) is 0.709. The Labute approximate surface area is 122 Å². The summed E-state index contributed by atoms with van der Waals surface area (Å²) in [5.74, 6) is 0.218. The van der Waals surface area contributed by atoms with Gasteiger partial charge in [0.25, 0.3) is 0 Å². The van der Waals surface area contributed by atoms with Crippen LogP contribution in [0.15, 0.2) is 60.7 Å². The largest absolute Gasteiger partial charge is 0.487 e. The maximum Gasteiger partial charge on any atom is 0.138 e. The summed E-state index contributed by atoms with van der Waals surface area (Å²) in [7, 11) is 0.